The maximum absolute atomic E-state index is 13.0. The maximum atomic E-state index is 13.0. The number of carbonyl (C=O) groups is 4. The number of piperazine rings is 1. The smallest absolute Gasteiger partial charge is 0.243 e. The standard InChI is InChI=1S/C48H50ClN5O5/c49-21-18-41(32-4-2-1-3-5-32)46(34-9-14-40(56)15-10-34)33-6-11-36(12-7-33)51-22-19-31(20-23-51)26-52-28-39-24-38(52)29-53(39)37-13-8-35-27-54(43-16-17-45(58)50-48(43)59)47(42(35)25-37)44(57)30-55/h1-15,25,30-31,38-39,43,47,56H,16-24,26-29H2,(H,50,58,59). The van der Waals surface area contributed by atoms with Crippen LogP contribution in [0.3, 0.4) is 0 Å². The first-order valence-corrected chi connectivity index (χ1v) is 21.5. The number of anilines is 2. The molecule has 0 radical (unpaired) electrons. The fourth-order valence-corrected chi connectivity index (χ4v) is 10.6. The third-order valence-corrected chi connectivity index (χ3v) is 13.5. The molecule has 4 aromatic rings. The molecule has 2 amide bonds. The van der Waals surface area contributed by atoms with E-state index in [0.717, 1.165) is 97.5 Å². The highest BCUT2D eigenvalue weighted by atomic mass is 35.5. The van der Waals surface area contributed by atoms with Gasteiger partial charge in [-0.2, -0.15) is 0 Å². The molecule has 9 rings (SSSR count). The van der Waals surface area contributed by atoms with E-state index in [1.54, 1.807) is 17.0 Å². The van der Waals surface area contributed by atoms with E-state index in [-0.39, 0.29) is 18.1 Å². The summed E-state index contributed by atoms with van der Waals surface area (Å²) in [5, 5.41) is 12.5. The van der Waals surface area contributed by atoms with E-state index < -0.39 is 23.8 Å². The highest BCUT2D eigenvalue weighted by molar-refractivity contribution is 6.27. The molecular weight excluding hydrogens is 762 g/mol. The molecule has 11 heteroatoms. The zero-order valence-corrected chi connectivity index (χ0v) is 33.9. The number of aldehydes is 1. The monoisotopic (exact) mass is 811 g/mol. The minimum Gasteiger partial charge on any atom is -0.508 e. The molecule has 0 aliphatic carbocycles. The van der Waals surface area contributed by atoms with Gasteiger partial charge in [0.2, 0.25) is 17.6 Å². The third kappa shape index (κ3) is 7.81. The van der Waals surface area contributed by atoms with Crippen LogP contribution < -0.4 is 15.1 Å². The summed E-state index contributed by atoms with van der Waals surface area (Å²) in [5.74, 6) is 0.122. The van der Waals surface area contributed by atoms with Crippen molar-refractivity contribution in [2.75, 3.05) is 48.4 Å². The Hall–Kier alpha value is -5.29. The van der Waals surface area contributed by atoms with E-state index in [0.29, 0.717) is 43.1 Å². The second-order valence-electron chi connectivity index (χ2n) is 16.8. The normalized spacial score (nSPS) is 23.9. The highest BCUT2D eigenvalue weighted by Gasteiger charge is 2.46. The lowest BCUT2D eigenvalue weighted by Crippen LogP contribution is -2.52. The fraction of sp³-hybridized carbons (Fsp3) is 0.375. The van der Waals surface area contributed by atoms with E-state index in [2.05, 4.69) is 80.7 Å². The minimum absolute atomic E-state index is 0.214. The summed E-state index contributed by atoms with van der Waals surface area (Å²) >= 11 is 6.38. The van der Waals surface area contributed by atoms with Crippen LogP contribution in [0.25, 0.3) is 11.1 Å². The molecule has 4 unspecified atom stereocenters. The molecule has 10 nitrogen and oxygen atoms in total. The number of hydrogen-bond donors (Lipinski definition) is 2. The molecule has 4 fully saturated rings. The summed E-state index contributed by atoms with van der Waals surface area (Å²) in [7, 11) is 0. The summed E-state index contributed by atoms with van der Waals surface area (Å²) in [5.41, 5.74) is 9.67. The van der Waals surface area contributed by atoms with Crippen LogP contribution in [0, 0.1) is 5.92 Å². The summed E-state index contributed by atoms with van der Waals surface area (Å²) in [4.78, 5) is 58.9. The van der Waals surface area contributed by atoms with Crippen molar-refractivity contribution in [2.45, 2.75) is 69.2 Å². The number of Topliss-reactive ketones (excluding diaryl/α,β-unsaturated/α-hetero) is 1. The van der Waals surface area contributed by atoms with Crippen molar-refractivity contribution in [3.63, 3.8) is 0 Å². The number of alkyl halides is 1. The number of aromatic hydroxyl groups is 1. The van der Waals surface area contributed by atoms with Gasteiger partial charge < -0.3 is 14.9 Å². The molecule has 2 bridgehead atoms. The number of hydrogen-bond acceptors (Lipinski definition) is 9. The lowest BCUT2D eigenvalue weighted by Gasteiger charge is -2.40. The average molecular weight is 812 g/mol. The Morgan fingerprint density at radius 2 is 1.54 bits per heavy atom. The first-order valence-electron chi connectivity index (χ1n) is 21.0. The molecule has 304 valence electrons. The number of fused-ring (bicyclic) bond motifs is 3. The number of rotatable bonds is 12. The molecular formula is C48H50ClN5O5. The van der Waals surface area contributed by atoms with E-state index in [4.69, 9.17) is 11.6 Å². The van der Waals surface area contributed by atoms with E-state index in [9.17, 15) is 24.3 Å². The van der Waals surface area contributed by atoms with Crippen LogP contribution in [0.15, 0.2) is 97.1 Å². The molecule has 4 aromatic carbocycles. The van der Waals surface area contributed by atoms with Crippen LogP contribution in [-0.2, 0) is 25.7 Å². The number of piperidine rings is 2. The predicted molar refractivity (Wildman–Crippen MR) is 230 cm³/mol. The zero-order chi connectivity index (χ0) is 40.6. The van der Waals surface area contributed by atoms with Crippen LogP contribution in [-0.4, -0.2) is 95.5 Å². The number of halogens is 1. The lowest BCUT2D eigenvalue weighted by atomic mass is 9.88. The van der Waals surface area contributed by atoms with Crippen molar-refractivity contribution < 1.29 is 24.3 Å². The van der Waals surface area contributed by atoms with Crippen molar-refractivity contribution in [2.24, 2.45) is 5.92 Å². The van der Waals surface area contributed by atoms with Crippen LogP contribution in [0.4, 0.5) is 11.4 Å². The number of imide groups is 1. The van der Waals surface area contributed by atoms with Gasteiger partial charge in [0.05, 0.1) is 6.04 Å². The SMILES string of the molecule is O=CC(=O)C1c2cc(N3CC4CC3CN4CC3CCN(c4ccc(C(=C(CCCl)c5ccccc5)c5ccc(O)cc5)cc4)CC3)ccc2CN1C1CCC(=O)NC1=O. The van der Waals surface area contributed by atoms with Crippen molar-refractivity contribution in [3.8, 4) is 5.75 Å². The van der Waals surface area contributed by atoms with Gasteiger partial charge in [0, 0.05) is 75.0 Å². The number of carbonyl (C=O) groups excluding carboxylic acids is 4. The van der Waals surface area contributed by atoms with Gasteiger partial charge in [-0.05, 0) is 113 Å². The first kappa shape index (κ1) is 39.2. The number of amides is 2. The molecule has 4 atom stereocenters. The molecule has 5 heterocycles. The number of phenolic OH excluding ortho intramolecular Hbond substituents is 1. The Morgan fingerprint density at radius 3 is 2.20 bits per heavy atom. The van der Waals surface area contributed by atoms with Crippen molar-refractivity contribution in [1.82, 2.24) is 15.1 Å². The Labute approximate surface area is 350 Å². The first-order chi connectivity index (χ1) is 28.8. The molecule has 2 N–H and O–H groups in total. The fourth-order valence-electron chi connectivity index (χ4n) is 10.4. The second kappa shape index (κ2) is 16.8. The van der Waals surface area contributed by atoms with Gasteiger partial charge >= 0.3 is 0 Å². The predicted octanol–water partition coefficient (Wildman–Crippen LogP) is 6.59. The number of benzene rings is 4. The van der Waals surface area contributed by atoms with Gasteiger partial charge in [0.1, 0.15) is 11.8 Å². The highest BCUT2D eigenvalue weighted by Crippen LogP contribution is 2.43. The van der Waals surface area contributed by atoms with Crippen LogP contribution in [0.5, 0.6) is 5.75 Å². The number of ketones is 1. The Kier molecular flexibility index (Phi) is 11.1. The quantitative estimate of drug-likeness (QED) is 0.0538. The number of nitrogens with zero attached hydrogens (tertiary/aromatic N) is 4. The van der Waals surface area contributed by atoms with Gasteiger partial charge in [-0.1, -0.05) is 60.7 Å². The minimum atomic E-state index is -0.820. The van der Waals surface area contributed by atoms with Gasteiger partial charge in [-0.3, -0.25) is 34.3 Å². The second-order valence-corrected chi connectivity index (χ2v) is 17.2. The summed E-state index contributed by atoms with van der Waals surface area (Å²) in [6.07, 6.45) is 5.03. The molecule has 59 heavy (non-hydrogen) atoms. The topological polar surface area (TPSA) is 114 Å². The van der Waals surface area contributed by atoms with Gasteiger partial charge in [0.25, 0.3) is 0 Å². The van der Waals surface area contributed by atoms with Crippen LogP contribution >= 0.6 is 11.6 Å². The van der Waals surface area contributed by atoms with Crippen molar-refractivity contribution >= 4 is 58.0 Å². The number of allylic oxidation sites excluding steroid dienone is 1. The van der Waals surface area contributed by atoms with Crippen LogP contribution in [0.1, 0.15) is 72.4 Å². The summed E-state index contributed by atoms with van der Waals surface area (Å²) < 4.78 is 0. The van der Waals surface area contributed by atoms with Gasteiger partial charge in [-0.15, -0.1) is 11.6 Å². The van der Waals surface area contributed by atoms with Crippen molar-refractivity contribution in [3.05, 3.63) is 125 Å². The Bertz CT molecular complexity index is 2260. The third-order valence-electron chi connectivity index (χ3n) is 13.3. The Balaban J connectivity index is 0.829. The summed E-state index contributed by atoms with van der Waals surface area (Å²) in [6.45, 7) is 5.47. The summed E-state index contributed by atoms with van der Waals surface area (Å²) in [6, 6.07) is 32.4. The van der Waals surface area contributed by atoms with E-state index >= 15 is 0 Å². The average Bonchev–Trinajstić information content (AvgIpc) is 3.98. The molecule has 0 aromatic heterocycles. The molecule has 0 saturated carbocycles. The lowest BCUT2D eigenvalue weighted by molar-refractivity contribution is -0.141. The maximum Gasteiger partial charge on any atom is 0.243 e. The molecule has 0 spiro atoms. The van der Waals surface area contributed by atoms with Gasteiger partial charge in [0.15, 0.2) is 6.29 Å². The van der Waals surface area contributed by atoms with Crippen molar-refractivity contribution in [1.29, 1.82) is 0 Å². The molecule has 5 aliphatic rings. The number of phenols is 1. The zero-order valence-electron chi connectivity index (χ0n) is 33.1. The molecule has 4 saturated heterocycles. The Morgan fingerprint density at radius 1 is 0.831 bits per heavy atom. The number of likely N-dealkylation sites (tertiary alicyclic amines) is 1. The largest absolute Gasteiger partial charge is 0.508 e. The number of nitrogens with one attached hydrogen (secondary N) is 1. The van der Waals surface area contributed by atoms with E-state index in [1.807, 2.05) is 24.3 Å². The van der Waals surface area contributed by atoms with E-state index in [1.165, 1.54) is 11.3 Å². The molecule has 5 aliphatic heterocycles. The van der Waals surface area contributed by atoms with Crippen LogP contribution in [0.2, 0.25) is 0 Å². The van der Waals surface area contributed by atoms with Gasteiger partial charge in [-0.25, -0.2) is 0 Å².